The smallest absolute Gasteiger partial charge is 0.336 e. The monoisotopic (exact) mass is 382 g/mol. The minimum atomic E-state index is -0.540. The predicted molar refractivity (Wildman–Crippen MR) is 104 cm³/mol. The zero-order valence-electron chi connectivity index (χ0n) is 15.1. The number of carbonyl (C=O) groups excluding carboxylic acids is 1. The molecule has 0 atom stereocenters. The quantitative estimate of drug-likeness (QED) is 0.379. The lowest BCUT2D eigenvalue weighted by Crippen LogP contribution is -2.20. The molecule has 2 aromatic carbocycles. The third-order valence-corrected chi connectivity index (χ3v) is 4.03. The van der Waals surface area contributed by atoms with Gasteiger partial charge in [-0.2, -0.15) is 0 Å². The first-order chi connectivity index (χ1) is 13.5. The standard InChI is InChI=1S/C20H18N2O6/c1-2-4-13-9-20(24)28-18-11-16(7-8-17(13)18)27-12-19(23)21-14-5-3-6-15(10-14)22(25)26/h3,5-11H,2,4,12H2,1H3,(H,21,23). The van der Waals surface area contributed by atoms with Crippen LogP contribution in [0.1, 0.15) is 18.9 Å². The average molecular weight is 382 g/mol. The lowest BCUT2D eigenvalue weighted by Gasteiger charge is -2.09. The van der Waals surface area contributed by atoms with E-state index in [1.54, 1.807) is 24.3 Å². The summed E-state index contributed by atoms with van der Waals surface area (Å²) in [6.45, 7) is 1.73. The van der Waals surface area contributed by atoms with Crippen LogP contribution >= 0.6 is 0 Å². The number of non-ortho nitro benzene ring substituents is 1. The van der Waals surface area contributed by atoms with E-state index in [9.17, 15) is 19.7 Å². The van der Waals surface area contributed by atoms with E-state index in [-0.39, 0.29) is 12.3 Å². The highest BCUT2D eigenvalue weighted by Crippen LogP contribution is 2.23. The van der Waals surface area contributed by atoms with Crippen molar-refractivity contribution in [2.45, 2.75) is 19.8 Å². The molecule has 28 heavy (non-hydrogen) atoms. The number of nitrogens with zero attached hydrogens (tertiary/aromatic N) is 1. The molecule has 0 aliphatic heterocycles. The molecule has 0 aliphatic carbocycles. The van der Waals surface area contributed by atoms with Crippen LogP contribution in [0.3, 0.4) is 0 Å². The highest BCUT2D eigenvalue weighted by molar-refractivity contribution is 5.92. The molecule has 1 amide bonds. The molecule has 8 heteroatoms. The fraction of sp³-hybridized carbons (Fsp3) is 0.200. The summed E-state index contributed by atoms with van der Waals surface area (Å²) in [4.78, 5) is 34.0. The highest BCUT2D eigenvalue weighted by Gasteiger charge is 2.10. The molecule has 144 valence electrons. The second-order valence-electron chi connectivity index (χ2n) is 6.14. The maximum Gasteiger partial charge on any atom is 0.336 e. The molecular weight excluding hydrogens is 364 g/mol. The second kappa shape index (κ2) is 8.34. The van der Waals surface area contributed by atoms with E-state index in [4.69, 9.17) is 9.15 Å². The molecule has 3 aromatic rings. The maximum absolute atomic E-state index is 12.0. The minimum absolute atomic E-state index is 0.119. The van der Waals surface area contributed by atoms with Gasteiger partial charge in [-0.05, 0) is 30.2 Å². The van der Waals surface area contributed by atoms with E-state index in [0.29, 0.717) is 17.0 Å². The van der Waals surface area contributed by atoms with Gasteiger partial charge >= 0.3 is 5.63 Å². The number of hydrogen-bond donors (Lipinski definition) is 1. The van der Waals surface area contributed by atoms with Gasteiger partial charge in [0.15, 0.2) is 6.61 Å². The third-order valence-electron chi connectivity index (χ3n) is 4.03. The molecule has 0 saturated heterocycles. The number of nitro groups is 1. The van der Waals surface area contributed by atoms with Crippen molar-refractivity contribution in [1.29, 1.82) is 0 Å². The van der Waals surface area contributed by atoms with Crippen LogP contribution in [0, 0.1) is 10.1 Å². The lowest BCUT2D eigenvalue weighted by atomic mass is 10.1. The van der Waals surface area contributed by atoms with Gasteiger partial charge in [0.2, 0.25) is 0 Å². The minimum Gasteiger partial charge on any atom is -0.484 e. The van der Waals surface area contributed by atoms with E-state index >= 15 is 0 Å². The van der Waals surface area contributed by atoms with E-state index < -0.39 is 16.5 Å². The molecule has 0 bridgehead atoms. The largest absolute Gasteiger partial charge is 0.484 e. The summed E-state index contributed by atoms with van der Waals surface area (Å²) in [6.07, 6.45) is 1.66. The molecule has 8 nitrogen and oxygen atoms in total. The van der Waals surface area contributed by atoms with Crippen LogP contribution in [-0.2, 0) is 11.2 Å². The number of aryl methyl sites for hydroxylation is 1. The Labute approximate surface area is 159 Å². The number of carbonyl (C=O) groups is 1. The maximum atomic E-state index is 12.0. The van der Waals surface area contributed by atoms with E-state index in [0.717, 1.165) is 23.8 Å². The van der Waals surface area contributed by atoms with Crippen LogP contribution in [0.25, 0.3) is 11.0 Å². The number of amides is 1. The molecule has 0 aliphatic rings. The van der Waals surface area contributed by atoms with Crippen molar-refractivity contribution in [2.24, 2.45) is 0 Å². The predicted octanol–water partition coefficient (Wildman–Crippen LogP) is 3.67. The molecular formula is C20H18N2O6. The van der Waals surface area contributed by atoms with Crippen LogP contribution in [0.5, 0.6) is 5.75 Å². The summed E-state index contributed by atoms with van der Waals surface area (Å²) in [7, 11) is 0. The zero-order valence-corrected chi connectivity index (χ0v) is 15.1. The first-order valence-electron chi connectivity index (χ1n) is 8.70. The van der Waals surface area contributed by atoms with E-state index in [1.165, 1.54) is 24.3 Å². The zero-order chi connectivity index (χ0) is 20.1. The Morgan fingerprint density at radius 3 is 2.79 bits per heavy atom. The van der Waals surface area contributed by atoms with Gasteiger partial charge in [-0.15, -0.1) is 0 Å². The molecule has 0 spiro atoms. The van der Waals surface area contributed by atoms with Crippen molar-refractivity contribution in [1.82, 2.24) is 0 Å². The van der Waals surface area contributed by atoms with Crippen molar-refractivity contribution in [3.63, 3.8) is 0 Å². The van der Waals surface area contributed by atoms with Gasteiger partial charge < -0.3 is 14.5 Å². The number of fused-ring (bicyclic) bond motifs is 1. The topological polar surface area (TPSA) is 112 Å². The third kappa shape index (κ3) is 4.53. The van der Waals surface area contributed by atoms with E-state index in [1.807, 2.05) is 6.92 Å². The van der Waals surface area contributed by atoms with E-state index in [2.05, 4.69) is 5.32 Å². The number of hydrogen-bond acceptors (Lipinski definition) is 6. The Morgan fingerprint density at radius 1 is 1.21 bits per heavy atom. The van der Waals surface area contributed by atoms with Crippen LogP contribution in [0.2, 0.25) is 0 Å². The lowest BCUT2D eigenvalue weighted by molar-refractivity contribution is -0.384. The van der Waals surface area contributed by atoms with Gasteiger partial charge in [0.1, 0.15) is 11.3 Å². The van der Waals surface area contributed by atoms with Crippen molar-refractivity contribution in [2.75, 3.05) is 11.9 Å². The van der Waals surface area contributed by atoms with Crippen LogP contribution < -0.4 is 15.7 Å². The summed E-state index contributed by atoms with van der Waals surface area (Å²) in [5, 5.41) is 14.1. The Bertz CT molecular complexity index is 1090. The SMILES string of the molecule is CCCc1cc(=O)oc2cc(OCC(=O)Nc3cccc([N+](=O)[O-])c3)ccc12. The van der Waals surface area contributed by atoms with Gasteiger partial charge in [0.25, 0.3) is 11.6 Å². The van der Waals surface area contributed by atoms with Crippen molar-refractivity contribution in [3.8, 4) is 5.75 Å². The fourth-order valence-corrected chi connectivity index (χ4v) is 2.82. The van der Waals surface area contributed by atoms with Crippen LogP contribution in [0.15, 0.2) is 57.7 Å². The molecule has 0 fully saturated rings. The summed E-state index contributed by atoms with van der Waals surface area (Å²) < 4.78 is 10.7. The first-order valence-corrected chi connectivity index (χ1v) is 8.70. The fourth-order valence-electron chi connectivity index (χ4n) is 2.82. The molecule has 1 heterocycles. The van der Waals surface area contributed by atoms with Gasteiger partial charge in [-0.3, -0.25) is 14.9 Å². The number of benzene rings is 2. The van der Waals surface area contributed by atoms with Gasteiger partial charge in [-0.25, -0.2) is 4.79 Å². The molecule has 1 N–H and O–H groups in total. The van der Waals surface area contributed by atoms with Gasteiger partial charge in [-0.1, -0.05) is 19.4 Å². The Balaban J connectivity index is 1.69. The van der Waals surface area contributed by atoms with Crippen molar-refractivity contribution >= 4 is 28.3 Å². The second-order valence-corrected chi connectivity index (χ2v) is 6.14. The summed E-state index contributed by atoms with van der Waals surface area (Å²) in [5.74, 6) is -0.0970. The first kappa shape index (κ1) is 19.1. The molecule has 0 unspecified atom stereocenters. The Morgan fingerprint density at radius 2 is 2.04 bits per heavy atom. The molecule has 0 saturated carbocycles. The Kier molecular flexibility index (Phi) is 5.69. The van der Waals surface area contributed by atoms with Gasteiger partial charge in [0, 0.05) is 35.3 Å². The summed E-state index contributed by atoms with van der Waals surface area (Å²) >= 11 is 0. The molecule has 0 radical (unpaired) electrons. The summed E-state index contributed by atoms with van der Waals surface area (Å²) in [6, 6.07) is 12.2. The molecule has 3 rings (SSSR count). The number of rotatable bonds is 7. The number of nitro benzene ring substituents is 1. The average Bonchev–Trinajstić information content (AvgIpc) is 2.66. The molecule has 1 aromatic heterocycles. The van der Waals surface area contributed by atoms with Crippen LogP contribution in [-0.4, -0.2) is 17.4 Å². The van der Waals surface area contributed by atoms with Crippen LogP contribution in [0.4, 0.5) is 11.4 Å². The number of anilines is 1. The van der Waals surface area contributed by atoms with Crippen molar-refractivity contribution < 1.29 is 18.9 Å². The van der Waals surface area contributed by atoms with Crippen molar-refractivity contribution in [3.05, 3.63) is 74.6 Å². The number of ether oxygens (including phenoxy) is 1. The highest BCUT2D eigenvalue weighted by atomic mass is 16.6. The normalized spacial score (nSPS) is 10.6. The number of nitrogens with one attached hydrogen (secondary N) is 1. The summed E-state index contributed by atoms with van der Waals surface area (Å²) in [5.41, 5.74) is 1.05. The Hall–Kier alpha value is -3.68. The van der Waals surface area contributed by atoms with Gasteiger partial charge in [0.05, 0.1) is 4.92 Å².